The molecule has 34 heavy (non-hydrogen) atoms. The minimum Gasteiger partial charge on any atom is -0.467 e. The second kappa shape index (κ2) is 10.5. The Hall–Kier alpha value is -3.74. The Morgan fingerprint density at radius 3 is 2.56 bits per heavy atom. The number of halogens is 1. The first-order valence-electron chi connectivity index (χ1n) is 11.6. The van der Waals surface area contributed by atoms with Crippen molar-refractivity contribution >= 4 is 16.8 Å². The highest BCUT2D eigenvalue weighted by molar-refractivity contribution is 5.79. The second-order valence-corrected chi connectivity index (χ2v) is 8.34. The number of carbonyl (C=O) groups is 1. The van der Waals surface area contributed by atoms with Crippen LogP contribution >= 0.6 is 0 Å². The number of amides is 1. The Bertz CT molecular complexity index is 1310. The first-order chi connectivity index (χ1) is 16.5. The van der Waals surface area contributed by atoms with Gasteiger partial charge in [-0.15, -0.1) is 0 Å². The van der Waals surface area contributed by atoms with Crippen molar-refractivity contribution in [1.29, 1.82) is 0 Å². The van der Waals surface area contributed by atoms with Crippen LogP contribution < -0.4 is 5.56 Å². The number of benzene rings is 2. The maximum absolute atomic E-state index is 13.6. The summed E-state index contributed by atoms with van der Waals surface area (Å²) in [5.74, 6) is 0.619. The highest BCUT2D eigenvalue weighted by Gasteiger charge is 2.27. The predicted octanol–water partition coefficient (Wildman–Crippen LogP) is 5.79. The largest absolute Gasteiger partial charge is 0.467 e. The fraction of sp³-hybridized carbons (Fsp3) is 0.296. The van der Waals surface area contributed by atoms with E-state index in [2.05, 4.69) is 6.92 Å². The third-order valence-corrected chi connectivity index (χ3v) is 5.95. The topological polar surface area (TPSA) is 68.3 Å². The molecule has 0 N–H and O–H groups in total. The van der Waals surface area contributed by atoms with Crippen molar-refractivity contribution in [2.45, 2.75) is 52.1 Å². The quantitative estimate of drug-likeness (QED) is 0.296. The Balaban J connectivity index is 1.84. The van der Waals surface area contributed by atoms with Crippen LogP contribution in [0.2, 0.25) is 0 Å². The Kier molecular flexibility index (Phi) is 7.21. The number of furan rings is 1. The molecule has 2 aromatic heterocycles. The van der Waals surface area contributed by atoms with Crippen LogP contribution in [0.25, 0.3) is 16.6 Å². The molecule has 0 radical (unpaired) electrons. The summed E-state index contributed by atoms with van der Waals surface area (Å²) in [5.41, 5.74) is 0.766. The lowest BCUT2D eigenvalue weighted by atomic mass is 10.1. The molecule has 0 bridgehead atoms. The molecule has 0 saturated carbocycles. The van der Waals surface area contributed by atoms with Gasteiger partial charge in [-0.25, -0.2) is 9.37 Å². The molecule has 1 atom stereocenters. The Morgan fingerprint density at radius 2 is 1.85 bits per heavy atom. The van der Waals surface area contributed by atoms with Crippen LogP contribution in [0.3, 0.4) is 0 Å². The molecule has 0 saturated heterocycles. The Labute approximate surface area is 197 Å². The number of rotatable bonds is 9. The number of aromatic nitrogens is 2. The smallest absolute Gasteiger partial charge is 0.266 e. The maximum atomic E-state index is 13.6. The van der Waals surface area contributed by atoms with Crippen molar-refractivity contribution in [3.8, 4) is 5.69 Å². The zero-order valence-corrected chi connectivity index (χ0v) is 19.4. The lowest BCUT2D eigenvalue weighted by molar-refractivity contribution is -0.134. The molecular formula is C27H28FN3O3. The van der Waals surface area contributed by atoms with Gasteiger partial charge in [0.15, 0.2) is 0 Å². The van der Waals surface area contributed by atoms with E-state index in [0.717, 1.165) is 19.3 Å². The number of unbranched alkanes of at least 4 members (excludes halogenated alkanes) is 2. The van der Waals surface area contributed by atoms with E-state index in [0.29, 0.717) is 34.6 Å². The van der Waals surface area contributed by atoms with E-state index in [1.807, 2.05) is 19.1 Å². The van der Waals surface area contributed by atoms with Gasteiger partial charge in [-0.05, 0) is 61.9 Å². The van der Waals surface area contributed by atoms with Gasteiger partial charge in [-0.3, -0.25) is 14.2 Å². The SMILES string of the molecule is CCCCCC(=O)N(Cc1ccco1)C(C)c1nc2ccccc2c(=O)n1-c1ccc(F)cc1. The van der Waals surface area contributed by atoms with Gasteiger partial charge in [0, 0.05) is 6.42 Å². The van der Waals surface area contributed by atoms with E-state index in [1.165, 1.54) is 16.7 Å². The number of fused-ring (bicyclic) bond motifs is 1. The van der Waals surface area contributed by atoms with Crippen molar-refractivity contribution < 1.29 is 13.6 Å². The molecule has 0 aliphatic rings. The molecule has 4 rings (SSSR count). The molecular weight excluding hydrogens is 433 g/mol. The van der Waals surface area contributed by atoms with Crippen molar-refractivity contribution in [3.05, 3.63) is 94.7 Å². The van der Waals surface area contributed by atoms with Gasteiger partial charge in [-0.1, -0.05) is 31.9 Å². The van der Waals surface area contributed by atoms with Gasteiger partial charge in [0.25, 0.3) is 5.56 Å². The van der Waals surface area contributed by atoms with E-state index in [4.69, 9.17) is 9.40 Å². The highest BCUT2D eigenvalue weighted by Crippen LogP contribution is 2.26. The van der Waals surface area contributed by atoms with Crippen molar-refractivity contribution in [2.24, 2.45) is 0 Å². The van der Waals surface area contributed by atoms with Crippen LogP contribution in [0.4, 0.5) is 4.39 Å². The van der Waals surface area contributed by atoms with Gasteiger partial charge >= 0.3 is 0 Å². The molecule has 2 aromatic carbocycles. The van der Waals surface area contributed by atoms with Crippen LogP contribution in [0, 0.1) is 5.82 Å². The number of hydrogen-bond donors (Lipinski definition) is 0. The first-order valence-corrected chi connectivity index (χ1v) is 11.6. The second-order valence-electron chi connectivity index (χ2n) is 8.34. The summed E-state index contributed by atoms with van der Waals surface area (Å²) in [6.45, 7) is 4.20. The van der Waals surface area contributed by atoms with Crippen LogP contribution in [0.5, 0.6) is 0 Å². The van der Waals surface area contributed by atoms with Crippen molar-refractivity contribution in [2.75, 3.05) is 0 Å². The lowest BCUT2D eigenvalue weighted by Crippen LogP contribution is -2.37. The van der Waals surface area contributed by atoms with Crippen LogP contribution in [0.1, 0.15) is 57.2 Å². The lowest BCUT2D eigenvalue weighted by Gasteiger charge is -2.30. The van der Waals surface area contributed by atoms with E-state index >= 15 is 0 Å². The van der Waals surface area contributed by atoms with E-state index in [1.54, 1.807) is 47.6 Å². The third kappa shape index (κ3) is 4.93. The van der Waals surface area contributed by atoms with Crippen molar-refractivity contribution in [1.82, 2.24) is 14.5 Å². The Morgan fingerprint density at radius 1 is 1.09 bits per heavy atom. The number of nitrogens with zero attached hydrogens (tertiary/aromatic N) is 3. The molecule has 176 valence electrons. The summed E-state index contributed by atoms with van der Waals surface area (Å²) in [6.07, 6.45) is 4.73. The fourth-order valence-electron chi connectivity index (χ4n) is 4.09. The number of hydrogen-bond acceptors (Lipinski definition) is 4. The zero-order chi connectivity index (χ0) is 24.1. The molecule has 0 aliphatic heterocycles. The minimum atomic E-state index is -0.540. The highest BCUT2D eigenvalue weighted by atomic mass is 19.1. The van der Waals surface area contributed by atoms with Gasteiger partial charge in [-0.2, -0.15) is 0 Å². The number of para-hydroxylation sites is 1. The van der Waals surface area contributed by atoms with Crippen LogP contribution in [-0.4, -0.2) is 20.4 Å². The summed E-state index contributed by atoms with van der Waals surface area (Å²) in [7, 11) is 0. The van der Waals surface area contributed by atoms with E-state index in [9.17, 15) is 14.0 Å². The first kappa shape index (κ1) is 23.4. The molecule has 2 heterocycles. The monoisotopic (exact) mass is 461 g/mol. The van der Waals surface area contributed by atoms with Gasteiger partial charge in [0.1, 0.15) is 17.4 Å². The molecule has 0 fully saturated rings. The summed E-state index contributed by atoms with van der Waals surface area (Å²) < 4.78 is 20.6. The van der Waals surface area contributed by atoms with E-state index < -0.39 is 11.9 Å². The van der Waals surface area contributed by atoms with Crippen LogP contribution in [0.15, 0.2) is 76.1 Å². The molecule has 0 spiro atoms. The maximum Gasteiger partial charge on any atom is 0.266 e. The summed E-state index contributed by atoms with van der Waals surface area (Å²) in [6, 6.07) is 15.9. The summed E-state index contributed by atoms with van der Waals surface area (Å²) >= 11 is 0. The van der Waals surface area contributed by atoms with Gasteiger partial charge in [0.2, 0.25) is 5.91 Å². The average Bonchev–Trinajstić information content (AvgIpc) is 3.36. The predicted molar refractivity (Wildman–Crippen MR) is 129 cm³/mol. The minimum absolute atomic E-state index is 0.0367. The summed E-state index contributed by atoms with van der Waals surface area (Å²) in [4.78, 5) is 33.4. The molecule has 6 nitrogen and oxygen atoms in total. The van der Waals surface area contributed by atoms with Crippen LogP contribution in [-0.2, 0) is 11.3 Å². The molecule has 4 aromatic rings. The normalized spacial score (nSPS) is 12.1. The molecule has 1 amide bonds. The van der Waals surface area contributed by atoms with Gasteiger partial charge < -0.3 is 9.32 Å². The standard InChI is InChI=1S/C27H28FN3O3/c1-3-4-5-12-25(32)30(18-22-9-8-17-34-22)19(2)26-29-24-11-7-6-10-23(24)27(33)31(26)21-15-13-20(28)14-16-21/h6-11,13-17,19H,3-5,12,18H2,1-2H3. The zero-order valence-electron chi connectivity index (χ0n) is 19.4. The fourth-order valence-corrected chi connectivity index (χ4v) is 4.09. The van der Waals surface area contributed by atoms with E-state index in [-0.39, 0.29) is 18.0 Å². The number of carbonyl (C=O) groups excluding carboxylic acids is 1. The van der Waals surface area contributed by atoms with Crippen molar-refractivity contribution in [3.63, 3.8) is 0 Å². The summed E-state index contributed by atoms with van der Waals surface area (Å²) in [5, 5.41) is 0.453. The molecule has 1 unspecified atom stereocenters. The van der Waals surface area contributed by atoms with Gasteiger partial charge in [0.05, 0.1) is 35.4 Å². The molecule has 7 heteroatoms. The third-order valence-electron chi connectivity index (χ3n) is 5.95. The molecule has 0 aliphatic carbocycles. The average molecular weight is 462 g/mol.